The van der Waals surface area contributed by atoms with Crippen LogP contribution in [-0.4, -0.2) is 54.3 Å². The van der Waals surface area contributed by atoms with Crippen molar-refractivity contribution < 1.29 is 9.59 Å². The van der Waals surface area contributed by atoms with Gasteiger partial charge in [0.05, 0.1) is 5.92 Å². The predicted octanol–water partition coefficient (Wildman–Crippen LogP) is 2.86. The number of amides is 2. The first-order valence-corrected chi connectivity index (χ1v) is 10.4. The molecule has 1 fully saturated rings. The highest BCUT2D eigenvalue weighted by Crippen LogP contribution is 2.27. The Balaban J connectivity index is 1.85. The van der Waals surface area contributed by atoms with Gasteiger partial charge in [-0.1, -0.05) is 54.1 Å². The van der Waals surface area contributed by atoms with Crippen molar-refractivity contribution >= 4 is 11.8 Å². The third-order valence-corrected chi connectivity index (χ3v) is 5.73. The van der Waals surface area contributed by atoms with Crippen LogP contribution >= 0.6 is 0 Å². The highest BCUT2D eigenvalue weighted by molar-refractivity contribution is 5.80. The number of carbonyl (C=O) groups is 2. The van der Waals surface area contributed by atoms with Crippen molar-refractivity contribution in [2.24, 2.45) is 11.7 Å². The largest absolute Gasteiger partial charge is 0.370 e. The molecule has 0 aliphatic carbocycles. The number of carbonyl (C=O) groups excluding carboxylic acids is 2. The van der Waals surface area contributed by atoms with E-state index in [4.69, 9.17) is 5.73 Å². The fourth-order valence-electron chi connectivity index (χ4n) is 4.03. The summed E-state index contributed by atoms with van der Waals surface area (Å²) in [6.07, 6.45) is 1.01. The van der Waals surface area contributed by atoms with Gasteiger partial charge in [0, 0.05) is 39.1 Å². The predicted molar refractivity (Wildman–Crippen MR) is 116 cm³/mol. The number of aryl methyl sites for hydroxylation is 1. The van der Waals surface area contributed by atoms with Crippen LogP contribution in [0.25, 0.3) is 11.1 Å². The summed E-state index contributed by atoms with van der Waals surface area (Å²) in [7, 11) is 0. The lowest BCUT2D eigenvalue weighted by atomic mass is 9.91. The SMILES string of the molecule is CCN1CCN(CCC(N)=O)C[C@@H](Cc2ccccc2-c2ccc(C)cc2)C1=O. The van der Waals surface area contributed by atoms with Gasteiger partial charge in [-0.2, -0.15) is 0 Å². The summed E-state index contributed by atoms with van der Waals surface area (Å²) in [6.45, 7) is 7.56. The molecule has 0 bridgehead atoms. The van der Waals surface area contributed by atoms with Crippen LogP contribution in [0.1, 0.15) is 24.5 Å². The highest BCUT2D eigenvalue weighted by Gasteiger charge is 2.30. The summed E-state index contributed by atoms with van der Waals surface area (Å²) in [6, 6.07) is 16.9. The average molecular weight is 394 g/mol. The molecule has 5 nitrogen and oxygen atoms in total. The van der Waals surface area contributed by atoms with E-state index in [1.807, 2.05) is 24.0 Å². The second kappa shape index (κ2) is 9.70. The standard InChI is InChI=1S/C24H31N3O2/c1-3-27-15-14-26(13-12-23(25)28)17-21(24(27)29)16-20-6-4-5-7-22(20)19-10-8-18(2)9-11-19/h4-11,21H,3,12-17H2,1-2H3,(H2,25,28)/t21-/m1/s1. The van der Waals surface area contributed by atoms with E-state index in [9.17, 15) is 9.59 Å². The van der Waals surface area contributed by atoms with E-state index in [1.54, 1.807) is 0 Å². The van der Waals surface area contributed by atoms with Gasteiger partial charge in [0.1, 0.15) is 0 Å². The Morgan fingerprint density at radius 3 is 2.52 bits per heavy atom. The molecule has 2 amide bonds. The summed E-state index contributed by atoms with van der Waals surface area (Å²) in [5, 5.41) is 0. The van der Waals surface area contributed by atoms with E-state index in [0.29, 0.717) is 39.0 Å². The van der Waals surface area contributed by atoms with E-state index in [2.05, 4.69) is 48.2 Å². The minimum Gasteiger partial charge on any atom is -0.370 e. The van der Waals surface area contributed by atoms with Gasteiger partial charge in [0.2, 0.25) is 11.8 Å². The fourth-order valence-corrected chi connectivity index (χ4v) is 4.03. The molecule has 1 aliphatic heterocycles. The smallest absolute Gasteiger partial charge is 0.227 e. The summed E-state index contributed by atoms with van der Waals surface area (Å²) >= 11 is 0. The summed E-state index contributed by atoms with van der Waals surface area (Å²) < 4.78 is 0. The van der Waals surface area contributed by atoms with Crippen molar-refractivity contribution in [2.45, 2.75) is 26.7 Å². The molecule has 2 aromatic rings. The number of hydrogen-bond donors (Lipinski definition) is 1. The van der Waals surface area contributed by atoms with Crippen molar-refractivity contribution in [1.29, 1.82) is 0 Å². The molecule has 0 spiro atoms. The second-order valence-electron chi connectivity index (χ2n) is 7.86. The van der Waals surface area contributed by atoms with Crippen molar-refractivity contribution in [2.75, 3.05) is 32.7 Å². The number of nitrogens with zero attached hydrogens (tertiary/aromatic N) is 2. The highest BCUT2D eigenvalue weighted by atomic mass is 16.2. The first-order chi connectivity index (χ1) is 14.0. The summed E-state index contributed by atoms with van der Waals surface area (Å²) in [5.74, 6) is -0.223. The van der Waals surface area contributed by atoms with Gasteiger partial charge in [-0.15, -0.1) is 0 Å². The Bertz CT molecular complexity index is 847. The minimum atomic E-state index is -0.297. The Morgan fingerprint density at radius 2 is 1.83 bits per heavy atom. The zero-order valence-electron chi connectivity index (χ0n) is 17.4. The molecule has 0 aromatic heterocycles. The molecule has 1 aliphatic rings. The number of benzene rings is 2. The van der Waals surface area contributed by atoms with E-state index in [0.717, 1.165) is 6.54 Å². The zero-order chi connectivity index (χ0) is 20.8. The topological polar surface area (TPSA) is 66.6 Å². The molecular formula is C24H31N3O2. The maximum atomic E-state index is 13.2. The maximum absolute atomic E-state index is 13.2. The van der Waals surface area contributed by atoms with Gasteiger partial charge < -0.3 is 15.5 Å². The molecule has 1 saturated heterocycles. The lowest BCUT2D eigenvalue weighted by molar-refractivity contribution is -0.134. The van der Waals surface area contributed by atoms with Gasteiger partial charge in [0.25, 0.3) is 0 Å². The number of nitrogens with two attached hydrogens (primary N) is 1. The third kappa shape index (κ3) is 5.45. The van der Waals surface area contributed by atoms with Crippen LogP contribution < -0.4 is 5.73 Å². The first kappa shape index (κ1) is 21.1. The molecule has 29 heavy (non-hydrogen) atoms. The second-order valence-corrected chi connectivity index (χ2v) is 7.86. The monoisotopic (exact) mass is 393 g/mol. The average Bonchev–Trinajstić information content (AvgIpc) is 2.86. The first-order valence-electron chi connectivity index (χ1n) is 10.4. The van der Waals surface area contributed by atoms with E-state index in [1.165, 1.54) is 22.3 Å². The Kier molecular flexibility index (Phi) is 7.04. The van der Waals surface area contributed by atoms with Crippen LogP contribution in [-0.2, 0) is 16.0 Å². The molecule has 2 N–H and O–H groups in total. The quantitative estimate of drug-likeness (QED) is 0.787. The van der Waals surface area contributed by atoms with E-state index >= 15 is 0 Å². The van der Waals surface area contributed by atoms with Gasteiger partial charge in [-0.3, -0.25) is 9.59 Å². The van der Waals surface area contributed by atoms with Gasteiger partial charge >= 0.3 is 0 Å². The normalized spacial score (nSPS) is 17.9. The molecular weight excluding hydrogens is 362 g/mol. The molecule has 0 radical (unpaired) electrons. The minimum absolute atomic E-state index is 0.128. The molecule has 1 atom stereocenters. The van der Waals surface area contributed by atoms with Crippen LogP contribution in [0.3, 0.4) is 0 Å². The van der Waals surface area contributed by atoms with Crippen molar-refractivity contribution in [3.63, 3.8) is 0 Å². The fraction of sp³-hybridized carbons (Fsp3) is 0.417. The third-order valence-electron chi connectivity index (χ3n) is 5.73. The number of rotatable bonds is 7. The summed E-state index contributed by atoms with van der Waals surface area (Å²) in [4.78, 5) is 28.5. The molecule has 154 valence electrons. The van der Waals surface area contributed by atoms with Crippen LogP contribution in [0.2, 0.25) is 0 Å². The summed E-state index contributed by atoms with van der Waals surface area (Å²) in [5.41, 5.74) is 10.1. The van der Waals surface area contributed by atoms with Crippen molar-refractivity contribution in [3.05, 3.63) is 59.7 Å². The molecule has 1 heterocycles. The van der Waals surface area contributed by atoms with Crippen LogP contribution in [0.15, 0.2) is 48.5 Å². The molecule has 2 aromatic carbocycles. The Labute approximate surface area is 173 Å². The van der Waals surface area contributed by atoms with Gasteiger partial charge in [0.15, 0.2) is 0 Å². The lowest BCUT2D eigenvalue weighted by Crippen LogP contribution is -2.37. The molecule has 5 heteroatoms. The van der Waals surface area contributed by atoms with Crippen molar-refractivity contribution in [1.82, 2.24) is 9.80 Å². The number of primary amides is 1. The molecule has 0 unspecified atom stereocenters. The number of hydrogen-bond acceptors (Lipinski definition) is 3. The van der Waals surface area contributed by atoms with E-state index in [-0.39, 0.29) is 17.7 Å². The Morgan fingerprint density at radius 1 is 1.10 bits per heavy atom. The van der Waals surface area contributed by atoms with Crippen LogP contribution in [0.5, 0.6) is 0 Å². The van der Waals surface area contributed by atoms with Crippen molar-refractivity contribution in [3.8, 4) is 11.1 Å². The zero-order valence-corrected chi connectivity index (χ0v) is 17.4. The van der Waals surface area contributed by atoms with Crippen LogP contribution in [0.4, 0.5) is 0 Å². The maximum Gasteiger partial charge on any atom is 0.227 e. The molecule has 0 saturated carbocycles. The van der Waals surface area contributed by atoms with Crippen LogP contribution in [0, 0.1) is 12.8 Å². The van der Waals surface area contributed by atoms with E-state index < -0.39 is 0 Å². The Hall–Kier alpha value is -2.66. The number of likely N-dealkylation sites (N-methyl/N-ethyl adjacent to an activating group) is 1. The van der Waals surface area contributed by atoms with Gasteiger partial charge in [-0.05, 0) is 37.0 Å². The molecule has 3 rings (SSSR count). The lowest BCUT2D eigenvalue weighted by Gasteiger charge is -2.24. The van der Waals surface area contributed by atoms with Gasteiger partial charge in [-0.25, -0.2) is 0 Å².